The van der Waals surface area contributed by atoms with Gasteiger partial charge in [0, 0.05) is 19.0 Å². The summed E-state index contributed by atoms with van der Waals surface area (Å²) in [5.74, 6) is -0.376. The molecule has 0 aliphatic carbocycles. The van der Waals surface area contributed by atoms with Crippen LogP contribution >= 0.6 is 0 Å². The van der Waals surface area contributed by atoms with E-state index < -0.39 is 10.0 Å². The molecule has 1 aromatic rings. The summed E-state index contributed by atoms with van der Waals surface area (Å²) in [4.78, 5) is 11.1. The van der Waals surface area contributed by atoms with E-state index in [0.717, 1.165) is 24.8 Å². The maximum atomic E-state index is 12.6. The molecule has 0 spiro atoms. The summed E-state index contributed by atoms with van der Waals surface area (Å²) in [6, 6.07) is 9.68. The lowest BCUT2D eigenvalue weighted by atomic mass is 9.98. The van der Waals surface area contributed by atoms with Crippen molar-refractivity contribution in [3.8, 4) is 0 Å². The van der Waals surface area contributed by atoms with E-state index in [0.29, 0.717) is 13.0 Å². The Kier molecular flexibility index (Phi) is 5.97. The van der Waals surface area contributed by atoms with Crippen molar-refractivity contribution in [3.63, 3.8) is 0 Å². The van der Waals surface area contributed by atoms with Gasteiger partial charge in [-0.15, -0.1) is 0 Å². The number of esters is 1. The highest BCUT2D eigenvalue weighted by molar-refractivity contribution is 7.89. The summed E-state index contributed by atoms with van der Waals surface area (Å²) in [5.41, 5.74) is 1.04. The second kappa shape index (κ2) is 7.74. The van der Waals surface area contributed by atoms with Crippen LogP contribution in [0.25, 0.3) is 0 Å². The Labute approximate surface area is 132 Å². The van der Waals surface area contributed by atoms with Gasteiger partial charge in [0.05, 0.1) is 12.9 Å². The highest BCUT2D eigenvalue weighted by Gasteiger charge is 2.32. The maximum Gasteiger partial charge on any atom is 0.305 e. The lowest BCUT2D eigenvalue weighted by Crippen LogP contribution is -2.39. The lowest BCUT2D eigenvalue weighted by molar-refractivity contribution is -0.140. The Morgan fingerprint density at radius 1 is 1.27 bits per heavy atom. The van der Waals surface area contributed by atoms with Crippen molar-refractivity contribution in [1.29, 1.82) is 0 Å². The Morgan fingerprint density at radius 3 is 2.68 bits per heavy atom. The standard InChI is InChI=1S/C16H23NO4S/c1-21-16(18)11-7-13-22(19,20)17-12-6-5-10-15(17)14-8-3-2-4-9-14/h2-4,8-9,15H,5-7,10-13H2,1H3. The molecule has 2 rings (SSSR count). The average molecular weight is 325 g/mol. The Hall–Kier alpha value is -1.40. The predicted octanol–water partition coefficient (Wildman–Crippen LogP) is 2.50. The SMILES string of the molecule is COC(=O)CCCS(=O)(=O)N1CCCCC1c1ccccc1. The molecule has 0 aromatic heterocycles. The molecule has 0 radical (unpaired) electrons. The number of ether oxygens (including phenoxy) is 1. The third-order valence-corrected chi connectivity index (χ3v) is 5.96. The molecule has 122 valence electrons. The van der Waals surface area contributed by atoms with Crippen LogP contribution in [0.5, 0.6) is 0 Å². The highest BCUT2D eigenvalue weighted by atomic mass is 32.2. The summed E-state index contributed by atoms with van der Waals surface area (Å²) in [6.45, 7) is 0.556. The number of carbonyl (C=O) groups is 1. The number of sulfonamides is 1. The van der Waals surface area contributed by atoms with Gasteiger partial charge >= 0.3 is 5.97 Å². The fourth-order valence-electron chi connectivity index (χ4n) is 2.86. The van der Waals surface area contributed by atoms with E-state index in [2.05, 4.69) is 4.74 Å². The molecule has 1 aromatic carbocycles. The normalized spacial score (nSPS) is 19.8. The van der Waals surface area contributed by atoms with Crippen molar-refractivity contribution in [1.82, 2.24) is 4.31 Å². The minimum Gasteiger partial charge on any atom is -0.469 e. The Morgan fingerprint density at radius 2 is 2.00 bits per heavy atom. The van der Waals surface area contributed by atoms with Gasteiger partial charge in [0.15, 0.2) is 0 Å². The Bertz CT molecular complexity index is 585. The van der Waals surface area contributed by atoms with Crippen molar-refractivity contribution in [2.75, 3.05) is 19.4 Å². The van der Waals surface area contributed by atoms with Crippen LogP contribution in [0.1, 0.15) is 43.7 Å². The van der Waals surface area contributed by atoms with E-state index in [9.17, 15) is 13.2 Å². The third-order valence-electron chi connectivity index (χ3n) is 4.01. The van der Waals surface area contributed by atoms with E-state index in [1.807, 2.05) is 30.3 Å². The van der Waals surface area contributed by atoms with Gasteiger partial charge in [-0.25, -0.2) is 8.42 Å². The van der Waals surface area contributed by atoms with Crippen LogP contribution in [0, 0.1) is 0 Å². The van der Waals surface area contributed by atoms with Gasteiger partial charge in [-0.3, -0.25) is 4.79 Å². The first-order chi connectivity index (χ1) is 10.5. The summed E-state index contributed by atoms with van der Waals surface area (Å²) >= 11 is 0. The van der Waals surface area contributed by atoms with Crippen LogP contribution in [0.3, 0.4) is 0 Å². The van der Waals surface area contributed by atoms with Gasteiger partial charge in [0.25, 0.3) is 0 Å². The minimum absolute atomic E-state index is 0.00850. The molecule has 1 fully saturated rings. The number of hydrogen-bond acceptors (Lipinski definition) is 4. The van der Waals surface area contributed by atoms with Crippen molar-refractivity contribution in [2.24, 2.45) is 0 Å². The molecule has 1 unspecified atom stereocenters. The number of piperidine rings is 1. The summed E-state index contributed by atoms with van der Waals surface area (Å²) < 4.78 is 31.4. The van der Waals surface area contributed by atoms with Gasteiger partial charge in [-0.2, -0.15) is 4.31 Å². The first-order valence-electron chi connectivity index (χ1n) is 7.66. The molecular weight excluding hydrogens is 302 g/mol. The number of rotatable bonds is 6. The molecule has 0 amide bonds. The van der Waals surface area contributed by atoms with Crippen LogP contribution in [0.2, 0.25) is 0 Å². The van der Waals surface area contributed by atoms with E-state index in [-0.39, 0.29) is 24.2 Å². The van der Waals surface area contributed by atoms with E-state index in [4.69, 9.17) is 0 Å². The van der Waals surface area contributed by atoms with Gasteiger partial charge < -0.3 is 4.74 Å². The summed E-state index contributed by atoms with van der Waals surface area (Å²) in [7, 11) is -2.05. The monoisotopic (exact) mass is 325 g/mol. The van der Waals surface area contributed by atoms with Crippen molar-refractivity contribution in [2.45, 2.75) is 38.1 Å². The van der Waals surface area contributed by atoms with Crippen LogP contribution in [-0.2, 0) is 19.6 Å². The lowest BCUT2D eigenvalue weighted by Gasteiger charge is -2.35. The average Bonchev–Trinajstić information content (AvgIpc) is 2.55. The third kappa shape index (κ3) is 4.30. The molecule has 6 heteroatoms. The highest BCUT2D eigenvalue weighted by Crippen LogP contribution is 2.33. The molecule has 1 heterocycles. The van der Waals surface area contributed by atoms with Crippen molar-refractivity contribution in [3.05, 3.63) is 35.9 Å². The largest absolute Gasteiger partial charge is 0.469 e. The van der Waals surface area contributed by atoms with E-state index in [1.165, 1.54) is 7.11 Å². The quantitative estimate of drug-likeness (QED) is 0.754. The molecule has 1 aliphatic heterocycles. The molecule has 1 saturated heterocycles. The van der Waals surface area contributed by atoms with Gasteiger partial charge in [0.2, 0.25) is 10.0 Å². The van der Waals surface area contributed by atoms with Crippen LogP contribution in [0.4, 0.5) is 0 Å². The second-order valence-electron chi connectivity index (χ2n) is 5.53. The van der Waals surface area contributed by atoms with Crippen molar-refractivity contribution < 1.29 is 17.9 Å². The number of methoxy groups -OCH3 is 1. The number of benzene rings is 1. The zero-order valence-corrected chi connectivity index (χ0v) is 13.7. The van der Waals surface area contributed by atoms with E-state index in [1.54, 1.807) is 4.31 Å². The molecule has 0 bridgehead atoms. The van der Waals surface area contributed by atoms with Gasteiger partial charge in [-0.05, 0) is 24.8 Å². The van der Waals surface area contributed by atoms with Crippen molar-refractivity contribution >= 4 is 16.0 Å². The second-order valence-corrected chi connectivity index (χ2v) is 7.57. The maximum absolute atomic E-state index is 12.6. The number of nitrogens with zero attached hydrogens (tertiary/aromatic N) is 1. The zero-order valence-electron chi connectivity index (χ0n) is 12.9. The van der Waals surface area contributed by atoms with Gasteiger partial charge in [0.1, 0.15) is 0 Å². The predicted molar refractivity (Wildman–Crippen MR) is 84.8 cm³/mol. The number of carbonyl (C=O) groups excluding carboxylic acids is 1. The van der Waals surface area contributed by atoms with Crippen LogP contribution in [-0.4, -0.2) is 38.1 Å². The topological polar surface area (TPSA) is 63.7 Å². The van der Waals surface area contributed by atoms with E-state index >= 15 is 0 Å². The van der Waals surface area contributed by atoms with Gasteiger partial charge in [-0.1, -0.05) is 36.8 Å². The summed E-state index contributed by atoms with van der Waals surface area (Å²) in [6.07, 6.45) is 3.21. The Balaban J connectivity index is 2.07. The van der Waals surface area contributed by atoms with Crippen LogP contribution < -0.4 is 0 Å². The zero-order chi connectivity index (χ0) is 16.0. The minimum atomic E-state index is -3.36. The smallest absolute Gasteiger partial charge is 0.305 e. The molecule has 1 atom stereocenters. The molecular formula is C16H23NO4S. The first-order valence-corrected chi connectivity index (χ1v) is 9.27. The fourth-order valence-corrected chi connectivity index (χ4v) is 4.63. The number of hydrogen-bond donors (Lipinski definition) is 0. The fraction of sp³-hybridized carbons (Fsp3) is 0.562. The molecule has 1 aliphatic rings. The molecule has 5 nitrogen and oxygen atoms in total. The molecule has 0 N–H and O–H groups in total. The molecule has 0 saturated carbocycles. The summed E-state index contributed by atoms with van der Waals surface area (Å²) in [5, 5.41) is 0. The van der Waals surface area contributed by atoms with Crippen LogP contribution in [0.15, 0.2) is 30.3 Å². The first kappa shape index (κ1) is 17.0. The molecule has 22 heavy (non-hydrogen) atoms.